The summed E-state index contributed by atoms with van der Waals surface area (Å²) in [6.45, 7) is 0. The maximum absolute atomic E-state index is 6.32. The average molecular weight is 306 g/mol. The second kappa shape index (κ2) is 5.61. The van der Waals surface area contributed by atoms with Crippen molar-refractivity contribution >= 4 is 23.2 Å². The zero-order chi connectivity index (χ0) is 13.9. The van der Waals surface area contributed by atoms with Gasteiger partial charge in [0.05, 0.1) is 5.02 Å². The van der Waals surface area contributed by atoms with E-state index in [1.165, 1.54) is 6.20 Å². The Hall–Kier alpha value is -1.91. The van der Waals surface area contributed by atoms with Crippen molar-refractivity contribution in [1.82, 2.24) is 15.2 Å². The van der Waals surface area contributed by atoms with Gasteiger partial charge >= 0.3 is 0 Å². The van der Waals surface area contributed by atoms with E-state index in [1.54, 1.807) is 12.1 Å². The first kappa shape index (κ1) is 13.1. The molecule has 6 heteroatoms. The number of aromatic nitrogens is 3. The van der Waals surface area contributed by atoms with Gasteiger partial charge in [-0.2, -0.15) is 0 Å². The van der Waals surface area contributed by atoms with Crippen LogP contribution in [0.1, 0.15) is 16.8 Å². The predicted octanol–water partition coefficient (Wildman–Crippen LogP) is 4.11. The molecule has 1 atom stereocenters. The Kier molecular flexibility index (Phi) is 3.67. The summed E-state index contributed by atoms with van der Waals surface area (Å²) >= 11 is 12.1. The number of alkyl halides is 1. The van der Waals surface area contributed by atoms with E-state index in [0.717, 1.165) is 5.56 Å². The first-order valence-electron chi connectivity index (χ1n) is 5.88. The van der Waals surface area contributed by atoms with Crippen LogP contribution in [0.2, 0.25) is 5.02 Å². The van der Waals surface area contributed by atoms with E-state index in [2.05, 4.69) is 15.2 Å². The molecule has 0 bridgehead atoms. The highest BCUT2D eigenvalue weighted by Gasteiger charge is 2.18. The number of pyridine rings is 1. The molecule has 0 aliphatic rings. The highest BCUT2D eigenvalue weighted by Crippen LogP contribution is 2.29. The van der Waals surface area contributed by atoms with Crippen molar-refractivity contribution in [2.45, 2.75) is 5.38 Å². The first-order chi connectivity index (χ1) is 9.74. The minimum absolute atomic E-state index is 0.318. The van der Waals surface area contributed by atoms with Crippen molar-refractivity contribution in [2.75, 3.05) is 0 Å². The maximum Gasteiger partial charge on any atom is 0.266 e. The SMILES string of the molecule is Clc1ccc(-c2nnc(C(Cl)c3ccccc3)o2)nc1. The Bertz CT molecular complexity index is 698. The van der Waals surface area contributed by atoms with Gasteiger partial charge in [0.25, 0.3) is 5.89 Å². The average Bonchev–Trinajstić information content (AvgIpc) is 2.98. The highest BCUT2D eigenvalue weighted by atomic mass is 35.5. The van der Waals surface area contributed by atoms with Crippen LogP contribution in [0.4, 0.5) is 0 Å². The van der Waals surface area contributed by atoms with Gasteiger partial charge in [-0.15, -0.1) is 21.8 Å². The van der Waals surface area contributed by atoms with Crippen molar-refractivity contribution in [1.29, 1.82) is 0 Å². The molecule has 0 radical (unpaired) electrons. The van der Waals surface area contributed by atoms with Crippen LogP contribution in [0.25, 0.3) is 11.6 Å². The van der Waals surface area contributed by atoms with E-state index in [9.17, 15) is 0 Å². The third kappa shape index (κ3) is 2.66. The van der Waals surface area contributed by atoms with Crippen LogP contribution in [0.15, 0.2) is 53.1 Å². The highest BCUT2D eigenvalue weighted by molar-refractivity contribution is 6.30. The summed E-state index contributed by atoms with van der Waals surface area (Å²) in [7, 11) is 0. The molecule has 0 saturated carbocycles. The molecule has 2 heterocycles. The molecule has 3 aromatic rings. The van der Waals surface area contributed by atoms with E-state index in [4.69, 9.17) is 27.6 Å². The molecule has 0 aliphatic heterocycles. The molecule has 20 heavy (non-hydrogen) atoms. The summed E-state index contributed by atoms with van der Waals surface area (Å²) < 4.78 is 5.57. The van der Waals surface area contributed by atoms with Gasteiger partial charge in [0.15, 0.2) is 0 Å². The van der Waals surface area contributed by atoms with E-state index in [-0.39, 0.29) is 0 Å². The molecule has 4 nitrogen and oxygen atoms in total. The minimum Gasteiger partial charge on any atom is -0.417 e. The molecule has 0 fully saturated rings. The molecule has 1 unspecified atom stereocenters. The molecule has 2 aromatic heterocycles. The third-order valence-corrected chi connectivity index (χ3v) is 3.36. The Balaban J connectivity index is 1.89. The van der Waals surface area contributed by atoms with E-state index in [1.807, 2.05) is 30.3 Å². The molecule has 0 spiro atoms. The van der Waals surface area contributed by atoms with Gasteiger partial charge in [-0.05, 0) is 17.7 Å². The predicted molar refractivity (Wildman–Crippen MR) is 76.7 cm³/mol. The van der Waals surface area contributed by atoms with Gasteiger partial charge < -0.3 is 4.42 Å². The van der Waals surface area contributed by atoms with Gasteiger partial charge in [-0.25, -0.2) is 4.98 Å². The molecule has 100 valence electrons. The summed E-state index contributed by atoms with van der Waals surface area (Å²) in [5.41, 5.74) is 1.46. The lowest BCUT2D eigenvalue weighted by Gasteiger charge is -2.03. The van der Waals surface area contributed by atoms with E-state index >= 15 is 0 Å². The fraction of sp³-hybridized carbons (Fsp3) is 0.0714. The normalized spacial score (nSPS) is 12.3. The quantitative estimate of drug-likeness (QED) is 0.683. The first-order valence-corrected chi connectivity index (χ1v) is 6.70. The van der Waals surface area contributed by atoms with Gasteiger partial charge in [-0.3, -0.25) is 0 Å². The third-order valence-electron chi connectivity index (χ3n) is 2.70. The standard InChI is InChI=1S/C14H9Cl2N3O/c15-10-6-7-11(17-8-10)13-18-19-14(20-13)12(16)9-4-2-1-3-5-9/h1-8,12H. The largest absolute Gasteiger partial charge is 0.417 e. The van der Waals surface area contributed by atoms with Gasteiger partial charge in [0, 0.05) is 6.20 Å². The van der Waals surface area contributed by atoms with Gasteiger partial charge in [0.1, 0.15) is 11.1 Å². The van der Waals surface area contributed by atoms with Crippen LogP contribution in [-0.4, -0.2) is 15.2 Å². The lowest BCUT2D eigenvalue weighted by Crippen LogP contribution is -1.92. The smallest absolute Gasteiger partial charge is 0.266 e. The zero-order valence-corrected chi connectivity index (χ0v) is 11.7. The second-order valence-electron chi connectivity index (χ2n) is 4.08. The van der Waals surface area contributed by atoms with Crippen LogP contribution < -0.4 is 0 Å². The number of hydrogen-bond donors (Lipinski definition) is 0. The number of benzene rings is 1. The molecular weight excluding hydrogens is 297 g/mol. The Morgan fingerprint density at radius 2 is 1.80 bits per heavy atom. The fourth-order valence-electron chi connectivity index (χ4n) is 1.71. The van der Waals surface area contributed by atoms with Crippen LogP contribution in [0.3, 0.4) is 0 Å². The van der Waals surface area contributed by atoms with Crippen molar-refractivity contribution in [2.24, 2.45) is 0 Å². The maximum atomic E-state index is 6.32. The molecule has 1 aromatic carbocycles. The molecule has 0 aliphatic carbocycles. The van der Waals surface area contributed by atoms with Crippen molar-refractivity contribution < 1.29 is 4.42 Å². The summed E-state index contributed by atoms with van der Waals surface area (Å²) in [5, 5.41) is 7.99. The van der Waals surface area contributed by atoms with Crippen LogP contribution >= 0.6 is 23.2 Å². The minimum atomic E-state index is -0.482. The van der Waals surface area contributed by atoms with Crippen LogP contribution in [0, 0.1) is 0 Å². The van der Waals surface area contributed by atoms with Crippen LogP contribution in [-0.2, 0) is 0 Å². The summed E-state index contributed by atoms with van der Waals surface area (Å²) in [6.07, 6.45) is 1.52. The Morgan fingerprint density at radius 3 is 2.50 bits per heavy atom. The second-order valence-corrected chi connectivity index (χ2v) is 4.95. The van der Waals surface area contributed by atoms with Gasteiger partial charge in [0.2, 0.25) is 5.89 Å². The van der Waals surface area contributed by atoms with E-state index < -0.39 is 5.38 Å². The van der Waals surface area contributed by atoms with Gasteiger partial charge in [-0.1, -0.05) is 41.9 Å². The molecule has 0 N–H and O–H groups in total. The summed E-state index contributed by atoms with van der Waals surface area (Å²) in [4.78, 5) is 4.12. The Morgan fingerprint density at radius 1 is 1.00 bits per heavy atom. The van der Waals surface area contributed by atoms with E-state index in [0.29, 0.717) is 22.5 Å². The van der Waals surface area contributed by atoms with Crippen molar-refractivity contribution in [3.63, 3.8) is 0 Å². The molecule has 3 rings (SSSR count). The molecule has 0 amide bonds. The number of nitrogens with zero attached hydrogens (tertiary/aromatic N) is 3. The molecular formula is C14H9Cl2N3O. The number of halogens is 2. The lowest BCUT2D eigenvalue weighted by molar-refractivity contribution is 0.511. The zero-order valence-electron chi connectivity index (χ0n) is 10.2. The lowest BCUT2D eigenvalue weighted by atomic mass is 10.1. The Labute approximate surface area is 125 Å². The van der Waals surface area contributed by atoms with Crippen LogP contribution in [0.5, 0.6) is 0 Å². The fourth-order valence-corrected chi connectivity index (χ4v) is 2.05. The van der Waals surface area contributed by atoms with Crippen molar-refractivity contribution in [3.05, 3.63) is 65.1 Å². The molecule has 0 saturated heterocycles. The summed E-state index contributed by atoms with van der Waals surface area (Å²) in [5.74, 6) is 0.655. The number of hydrogen-bond acceptors (Lipinski definition) is 4. The monoisotopic (exact) mass is 305 g/mol. The summed E-state index contributed by atoms with van der Waals surface area (Å²) in [6, 6.07) is 13.0. The number of rotatable bonds is 3. The topological polar surface area (TPSA) is 51.8 Å². The van der Waals surface area contributed by atoms with Crippen molar-refractivity contribution in [3.8, 4) is 11.6 Å².